The first kappa shape index (κ1) is 6.81. The monoisotopic (exact) mass is 126 g/mol. The first-order chi connectivity index (χ1) is 4.34. The summed E-state index contributed by atoms with van der Waals surface area (Å²) in [6.07, 6.45) is 4.36. The van der Waals surface area contributed by atoms with Crippen LogP contribution in [0.3, 0.4) is 0 Å². The summed E-state index contributed by atoms with van der Waals surface area (Å²) in [6.45, 7) is 6.24. The molecule has 1 rings (SSSR count). The van der Waals surface area contributed by atoms with Crippen molar-refractivity contribution in [2.45, 2.75) is 13.8 Å². The van der Waals surface area contributed by atoms with Gasteiger partial charge < -0.3 is 4.74 Å². The topological polar surface area (TPSA) is 9.23 Å². The molecule has 0 aromatic rings. The molecule has 0 radical (unpaired) electrons. The van der Waals surface area contributed by atoms with Crippen LogP contribution in [-0.4, -0.2) is 13.2 Å². The van der Waals surface area contributed by atoms with Gasteiger partial charge in [0.1, 0.15) is 0 Å². The smallest absolute Gasteiger partial charge is 0.0522 e. The second-order valence-corrected chi connectivity index (χ2v) is 2.68. The predicted molar refractivity (Wildman–Crippen MR) is 38.3 cm³/mol. The maximum absolute atomic E-state index is 5.07. The van der Waals surface area contributed by atoms with Gasteiger partial charge in [0.25, 0.3) is 0 Å². The van der Waals surface area contributed by atoms with Gasteiger partial charge in [-0.3, -0.25) is 0 Å². The molecule has 1 fully saturated rings. The third-order valence-corrected chi connectivity index (χ3v) is 1.90. The van der Waals surface area contributed by atoms with E-state index in [9.17, 15) is 0 Å². The van der Waals surface area contributed by atoms with Gasteiger partial charge in [-0.1, -0.05) is 19.1 Å². The van der Waals surface area contributed by atoms with Crippen LogP contribution >= 0.6 is 0 Å². The van der Waals surface area contributed by atoms with E-state index >= 15 is 0 Å². The Morgan fingerprint density at radius 1 is 1.56 bits per heavy atom. The Hall–Kier alpha value is -0.300. The Morgan fingerprint density at radius 2 is 2.22 bits per heavy atom. The van der Waals surface area contributed by atoms with Crippen LogP contribution in [0, 0.1) is 11.8 Å². The second kappa shape index (κ2) is 3.02. The standard InChI is InChI=1S/C8H14O/c1-3-4-7(2)8-5-9-6-8/h3-4,7-8H,5-6H2,1-2H3/b4-3+/t7-/m0/s1. The molecule has 0 unspecified atom stereocenters. The zero-order chi connectivity index (χ0) is 6.69. The van der Waals surface area contributed by atoms with Gasteiger partial charge in [0.2, 0.25) is 0 Å². The van der Waals surface area contributed by atoms with Gasteiger partial charge in [0, 0.05) is 5.92 Å². The van der Waals surface area contributed by atoms with Crippen LogP contribution in [0.5, 0.6) is 0 Å². The molecule has 0 aromatic carbocycles. The fraction of sp³-hybridized carbons (Fsp3) is 0.750. The van der Waals surface area contributed by atoms with Gasteiger partial charge in [-0.15, -0.1) is 0 Å². The number of ether oxygens (including phenoxy) is 1. The van der Waals surface area contributed by atoms with Crippen LogP contribution in [0.4, 0.5) is 0 Å². The molecule has 0 aromatic heterocycles. The molecule has 0 aliphatic carbocycles. The van der Waals surface area contributed by atoms with Crippen molar-refractivity contribution in [3.63, 3.8) is 0 Å². The molecule has 1 saturated heterocycles. The highest BCUT2D eigenvalue weighted by Gasteiger charge is 2.22. The minimum atomic E-state index is 0.712. The van der Waals surface area contributed by atoms with E-state index in [1.807, 2.05) is 0 Å². The SMILES string of the molecule is C/C=C/[C@H](C)C1COC1. The lowest BCUT2D eigenvalue weighted by Crippen LogP contribution is -2.32. The van der Waals surface area contributed by atoms with Gasteiger partial charge in [-0.05, 0) is 12.8 Å². The molecule has 1 nitrogen and oxygen atoms in total. The number of hydrogen-bond acceptors (Lipinski definition) is 1. The maximum atomic E-state index is 5.07. The van der Waals surface area contributed by atoms with E-state index in [1.165, 1.54) is 0 Å². The summed E-state index contributed by atoms with van der Waals surface area (Å²) in [4.78, 5) is 0. The van der Waals surface area contributed by atoms with Gasteiger partial charge in [-0.2, -0.15) is 0 Å². The molecule has 1 heterocycles. The van der Waals surface area contributed by atoms with Crippen molar-refractivity contribution in [3.8, 4) is 0 Å². The van der Waals surface area contributed by atoms with E-state index in [2.05, 4.69) is 26.0 Å². The fourth-order valence-corrected chi connectivity index (χ4v) is 1.02. The molecule has 1 heteroatoms. The van der Waals surface area contributed by atoms with Gasteiger partial charge in [0.15, 0.2) is 0 Å². The van der Waals surface area contributed by atoms with Crippen molar-refractivity contribution >= 4 is 0 Å². The Morgan fingerprint density at radius 3 is 2.56 bits per heavy atom. The highest BCUT2D eigenvalue weighted by molar-refractivity contribution is 4.88. The van der Waals surface area contributed by atoms with Crippen LogP contribution in [-0.2, 0) is 4.74 Å². The number of rotatable bonds is 2. The van der Waals surface area contributed by atoms with Crippen LogP contribution in [0.25, 0.3) is 0 Å². The minimum Gasteiger partial charge on any atom is -0.381 e. The van der Waals surface area contributed by atoms with Crippen molar-refractivity contribution in [2.75, 3.05) is 13.2 Å². The second-order valence-electron chi connectivity index (χ2n) is 2.68. The Balaban J connectivity index is 2.23. The molecule has 0 N–H and O–H groups in total. The molecule has 1 aliphatic rings. The number of hydrogen-bond donors (Lipinski definition) is 0. The van der Waals surface area contributed by atoms with Crippen molar-refractivity contribution in [1.82, 2.24) is 0 Å². The molecule has 0 amide bonds. The van der Waals surface area contributed by atoms with Gasteiger partial charge >= 0.3 is 0 Å². The maximum Gasteiger partial charge on any atom is 0.0522 e. The van der Waals surface area contributed by atoms with E-state index < -0.39 is 0 Å². The average molecular weight is 126 g/mol. The molecule has 1 aliphatic heterocycles. The van der Waals surface area contributed by atoms with Gasteiger partial charge in [-0.25, -0.2) is 0 Å². The summed E-state index contributed by atoms with van der Waals surface area (Å²) in [5, 5.41) is 0. The lowest BCUT2D eigenvalue weighted by Gasteiger charge is -2.29. The van der Waals surface area contributed by atoms with Crippen molar-refractivity contribution < 1.29 is 4.74 Å². The molecule has 0 bridgehead atoms. The normalized spacial score (nSPS) is 24.2. The highest BCUT2D eigenvalue weighted by Crippen LogP contribution is 2.20. The fourth-order valence-electron chi connectivity index (χ4n) is 1.02. The third kappa shape index (κ3) is 1.55. The molecule has 1 atom stereocenters. The van der Waals surface area contributed by atoms with Gasteiger partial charge in [0.05, 0.1) is 13.2 Å². The molecule has 9 heavy (non-hydrogen) atoms. The predicted octanol–water partition coefficient (Wildman–Crippen LogP) is 1.84. The summed E-state index contributed by atoms with van der Waals surface area (Å²) >= 11 is 0. The molecular formula is C8H14O. The first-order valence-corrected chi connectivity index (χ1v) is 3.55. The molecular weight excluding hydrogens is 112 g/mol. The largest absolute Gasteiger partial charge is 0.381 e. The van der Waals surface area contributed by atoms with Crippen molar-refractivity contribution in [3.05, 3.63) is 12.2 Å². The summed E-state index contributed by atoms with van der Waals surface area (Å²) in [5.74, 6) is 1.50. The Bertz CT molecular complexity index is 103. The quantitative estimate of drug-likeness (QED) is 0.513. The Kier molecular flexibility index (Phi) is 2.29. The third-order valence-electron chi connectivity index (χ3n) is 1.90. The van der Waals surface area contributed by atoms with Crippen LogP contribution in [0.2, 0.25) is 0 Å². The average Bonchev–Trinajstić information content (AvgIpc) is 1.60. The van der Waals surface area contributed by atoms with Crippen LogP contribution in [0.1, 0.15) is 13.8 Å². The highest BCUT2D eigenvalue weighted by atomic mass is 16.5. The summed E-state index contributed by atoms with van der Waals surface area (Å²) in [6, 6.07) is 0. The minimum absolute atomic E-state index is 0.712. The zero-order valence-corrected chi connectivity index (χ0v) is 6.13. The molecule has 52 valence electrons. The van der Waals surface area contributed by atoms with Crippen LogP contribution in [0.15, 0.2) is 12.2 Å². The first-order valence-electron chi connectivity index (χ1n) is 3.55. The van der Waals surface area contributed by atoms with Crippen LogP contribution < -0.4 is 0 Å². The Labute approximate surface area is 56.7 Å². The lowest BCUT2D eigenvalue weighted by atomic mass is 9.92. The summed E-state index contributed by atoms with van der Waals surface area (Å²) in [7, 11) is 0. The van der Waals surface area contributed by atoms with E-state index in [0.29, 0.717) is 5.92 Å². The van der Waals surface area contributed by atoms with Crippen molar-refractivity contribution in [2.24, 2.45) is 11.8 Å². The van der Waals surface area contributed by atoms with E-state index in [0.717, 1.165) is 19.1 Å². The summed E-state index contributed by atoms with van der Waals surface area (Å²) < 4.78 is 5.07. The zero-order valence-electron chi connectivity index (χ0n) is 6.13. The van der Waals surface area contributed by atoms with Crippen molar-refractivity contribution in [1.29, 1.82) is 0 Å². The van der Waals surface area contributed by atoms with E-state index in [-0.39, 0.29) is 0 Å². The summed E-state index contributed by atoms with van der Waals surface area (Å²) in [5.41, 5.74) is 0. The lowest BCUT2D eigenvalue weighted by molar-refractivity contribution is -0.0481. The number of allylic oxidation sites excluding steroid dienone is 2. The van der Waals surface area contributed by atoms with E-state index in [4.69, 9.17) is 4.74 Å². The van der Waals surface area contributed by atoms with E-state index in [1.54, 1.807) is 0 Å². The molecule has 0 spiro atoms. The molecule has 0 saturated carbocycles.